The van der Waals surface area contributed by atoms with Gasteiger partial charge in [0, 0.05) is 52.4 Å². The third kappa shape index (κ3) is 6.50. The third-order valence-corrected chi connectivity index (χ3v) is 9.19. The number of halogens is 2. The van der Waals surface area contributed by atoms with E-state index in [9.17, 15) is 13.6 Å². The van der Waals surface area contributed by atoms with Gasteiger partial charge >= 0.3 is 0 Å². The average Bonchev–Trinajstić information content (AvgIpc) is 3.48. The van der Waals surface area contributed by atoms with E-state index in [0.717, 1.165) is 0 Å². The van der Waals surface area contributed by atoms with E-state index in [2.05, 4.69) is 14.9 Å². The Morgan fingerprint density at radius 2 is 1.50 bits per heavy atom. The number of thioether (sulfide) groups is 1. The maximum atomic E-state index is 14.4. The molecule has 13 nitrogen and oxygen atoms in total. The Balaban J connectivity index is 1.24. The molecule has 0 atom stereocenters. The second-order valence-corrected chi connectivity index (χ2v) is 11.9. The molecule has 5 heterocycles. The summed E-state index contributed by atoms with van der Waals surface area (Å²) < 4.78 is 46.9. The highest BCUT2D eigenvalue weighted by Crippen LogP contribution is 2.32. The van der Waals surface area contributed by atoms with Crippen LogP contribution in [0.15, 0.2) is 18.2 Å². The fraction of sp³-hybridized carbons (Fsp3) is 0.556. The number of carbonyl (C=O) groups is 1. The van der Waals surface area contributed by atoms with Crippen LogP contribution in [-0.4, -0.2) is 136 Å². The van der Waals surface area contributed by atoms with Crippen molar-refractivity contribution in [1.29, 1.82) is 0 Å². The van der Waals surface area contributed by atoms with E-state index in [1.54, 1.807) is 23.1 Å². The molecule has 44 heavy (non-hydrogen) atoms. The van der Waals surface area contributed by atoms with E-state index in [4.69, 9.17) is 36.4 Å². The van der Waals surface area contributed by atoms with Crippen LogP contribution in [0.1, 0.15) is 12.2 Å². The van der Waals surface area contributed by atoms with Gasteiger partial charge in [-0.3, -0.25) is 9.36 Å². The number of fused-ring (bicyclic) bond motifs is 1. The van der Waals surface area contributed by atoms with Gasteiger partial charge < -0.3 is 33.8 Å². The molecule has 1 aromatic carbocycles. The predicted octanol–water partition coefficient (Wildman–Crippen LogP) is 1.99. The maximum absolute atomic E-state index is 14.4. The van der Waals surface area contributed by atoms with Crippen LogP contribution in [0.25, 0.3) is 17.0 Å². The van der Waals surface area contributed by atoms with Crippen LogP contribution in [0.3, 0.4) is 0 Å². The van der Waals surface area contributed by atoms with Crippen molar-refractivity contribution in [3.05, 3.63) is 24.0 Å². The smallest absolute Gasteiger partial charge is 0.296 e. The van der Waals surface area contributed by atoms with Crippen molar-refractivity contribution in [2.24, 2.45) is 0 Å². The number of methoxy groups -OCH3 is 1. The zero-order chi connectivity index (χ0) is 30.6. The highest BCUT2D eigenvalue weighted by atomic mass is 32.2. The number of para-hydroxylation sites is 1. The van der Waals surface area contributed by atoms with Crippen molar-refractivity contribution < 1.29 is 27.8 Å². The monoisotopic (exact) mass is 649 g/mol. The second-order valence-electron chi connectivity index (χ2n) is 10.3. The van der Waals surface area contributed by atoms with Crippen LogP contribution in [0.2, 0.25) is 0 Å². The molecule has 0 radical (unpaired) electrons. The minimum atomic E-state index is -2.88. The van der Waals surface area contributed by atoms with E-state index in [-0.39, 0.29) is 17.6 Å². The first-order valence-electron chi connectivity index (χ1n) is 14.4. The van der Waals surface area contributed by atoms with E-state index in [1.807, 2.05) is 9.80 Å². The summed E-state index contributed by atoms with van der Waals surface area (Å²) in [7, 11) is 1.47. The number of hydrogen-bond donors (Lipinski definition) is 0. The van der Waals surface area contributed by atoms with Crippen molar-refractivity contribution in [3.63, 3.8) is 0 Å². The number of thiocarbonyl (C=S) groups is 1. The SMILES string of the molecule is COc1cccc2c1nc(C(F)F)n2-c1nc(N2CCOCC2)nc(N2CCN(C(=S)SCC(=O)N3CCOCC3)CC2)n1. The zero-order valence-corrected chi connectivity index (χ0v) is 25.9. The molecule has 236 valence electrons. The van der Waals surface area contributed by atoms with Crippen LogP contribution >= 0.6 is 24.0 Å². The summed E-state index contributed by atoms with van der Waals surface area (Å²) >= 11 is 7.03. The van der Waals surface area contributed by atoms with Gasteiger partial charge in [-0.15, -0.1) is 0 Å². The van der Waals surface area contributed by atoms with Crippen molar-refractivity contribution in [1.82, 2.24) is 34.3 Å². The van der Waals surface area contributed by atoms with Crippen LogP contribution in [0.4, 0.5) is 20.7 Å². The number of morpholine rings is 2. The molecule has 3 aromatic rings. The normalized spacial score (nSPS) is 17.9. The molecule has 0 spiro atoms. The summed E-state index contributed by atoms with van der Waals surface area (Å²) in [4.78, 5) is 38.8. The van der Waals surface area contributed by atoms with E-state index in [0.29, 0.717) is 112 Å². The molecule has 17 heteroatoms. The van der Waals surface area contributed by atoms with Gasteiger partial charge in [0.25, 0.3) is 6.43 Å². The summed E-state index contributed by atoms with van der Waals surface area (Å²) in [6.07, 6.45) is -2.88. The molecular weight excluding hydrogens is 616 g/mol. The van der Waals surface area contributed by atoms with Gasteiger partial charge in [-0.05, 0) is 12.1 Å². The molecule has 0 unspecified atom stereocenters. The number of hydrogen-bond acceptors (Lipinski definition) is 12. The Kier molecular flexibility index (Phi) is 9.53. The summed E-state index contributed by atoms with van der Waals surface area (Å²) in [6, 6.07) is 5.08. The van der Waals surface area contributed by atoms with E-state index < -0.39 is 12.2 Å². The van der Waals surface area contributed by atoms with Crippen molar-refractivity contribution in [3.8, 4) is 11.7 Å². The van der Waals surface area contributed by atoms with Gasteiger partial charge in [0.15, 0.2) is 5.82 Å². The average molecular weight is 650 g/mol. The lowest BCUT2D eigenvalue weighted by Gasteiger charge is -2.36. The molecule has 6 rings (SSSR count). The van der Waals surface area contributed by atoms with Gasteiger partial charge in [-0.1, -0.05) is 30.0 Å². The standard InChI is InChI=1S/C27H33F2N9O4S2/c1-40-19-4-2-3-18-21(19)30-23(22(28)29)38(18)26-32-24(31-25(33-26)36-11-15-42-16-12-36)35-5-7-37(8-6-35)27(43)44-17-20(39)34-9-13-41-14-10-34/h2-4,22H,5-17H2,1H3. The molecule has 3 saturated heterocycles. The number of rotatable bonds is 7. The number of anilines is 2. The fourth-order valence-corrected chi connectivity index (χ4v) is 6.46. The molecule has 3 aliphatic heterocycles. The molecule has 3 fully saturated rings. The van der Waals surface area contributed by atoms with Gasteiger partial charge in [0.1, 0.15) is 15.6 Å². The Morgan fingerprint density at radius 3 is 2.14 bits per heavy atom. The lowest BCUT2D eigenvalue weighted by molar-refractivity contribution is -0.132. The van der Waals surface area contributed by atoms with Crippen molar-refractivity contribution >= 4 is 57.1 Å². The summed E-state index contributed by atoms with van der Waals surface area (Å²) in [5.74, 6) is 1.05. The topological polar surface area (TPSA) is 114 Å². The lowest BCUT2D eigenvalue weighted by Crippen LogP contribution is -2.49. The van der Waals surface area contributed by atoms with Gasteiger partial charge in [-0.2, -0.15) is 15.0 Å². The molecule has 1 amide bonds. The zero-order valence-electron chi connectivity index (χ0n) is 24.2. The number of benzene rings is 1. The van der Waals surface area contributed by atoms with Gasteiger partial charge in [-0.25, -0.2) is 13.8 Å². The number of imidazole rings is 1. The predicted molar refractivity (Wildman–Crippen MR) is 165 cm³/mol. The van der Waals surface area contributed by atoms with Crippen LogP contribution in [-0.2, 0) is 14.3 Å². The number of amides is 1. The molecule has 0 bridgehead atoms. The first kappa shape index (κ1) is 30.6. The quantitative estimate of drug-likeness (QED) is 0.348. The second kappa shape index (κ2) is 13.7. The first-order chi connectivity index (χ1) is 21.4. The number of ether oxygens (including phenoxy) is 3. The highest BCUT2D eigenvalue weighted by molar-refractivity contribution is 8.23. The van der Waals surface area contributed by atoms with Crippen LogP contribution in [0.5, 0.6) is 5.75 Å². The fourth-order valence-electron chi connectivity index (χ4n) is 5.31. The van der Waals surface area contributed by atoms with Gasteiger partial charge in [0.05, 0.1) is 44.8 Å². The molecule has 2 aromatic heterocycles. The Bertz CT molecular complexity index is 1490. The third-order valence-electron chi connectivity index (χ3n) is 7.69. The summed E-state index contributed by atoms with van der Waals surface area (Å²) in [5, 5.41) is 0. The number of piperazine rings is 1. The van der Waals surface area contributed by atoms with E-state index in [1.165, 1.54) is 23.4 Å². The molecule has 0 N–H and O–H groups in total. The van der Waals surface area contributed by atoms with Gasteiger partial charge in [0.2, 0.25) is 23.8 Å². The molecular formula is C27H33F2N9O4S2. The molecule has 3 aliphatic rings. The Morgan fingerprint density at radius 1 is 0.886 bits per heavy atom. The van der Waals surface area contributed by atoms with E-state index >= 15 is 0 Å². The Labute approximate surface area is 262 Å². The van der Waals surface area contributed by atoms with Crippen LogP contribution in [0, 0.1) is 0 Å². The largest absolute Gasteiger partial charge is 0.494 e. The lowest BCUT2D eigenvalue weighted by atomic mass is 10.3. The molecule has 0 aliphatic carbocycles. The van der Waals surface area contributed by atoms with Crippen LogP contribution < -0.4 is 14.5 Å². The molecule has 0 saturated carbocycles. The Hall–Kier alpha value is -3.41. The summed E-state index contributed by atoms with van der Waals surface area (Å²) in [6.45, 7) is 6.74. The number of alkyl halides is 2. The minimum Gasteiger partial charge on any atom is -0.494 e. The number of aromatic nitrogens is 5. The maximum Gasteiger partial charge on any atom is 0.296 e. The van der Waals surface area contributed by atoms with Crippen molar-refractivity contribution in [2.75, 3.05) is 101 Å². The highest BCUT2D eigenvalue weighted by Gasteiger charge is 2.28. The van der Waals surface area contributed by atoms with Crippen molar-refractivity contribution in [2.45, 2.75) is 6.43 Å². The number of carbonyl (C=O) groups excluding carboxylic acids is 1. The summed E-state index contributed by atoms with van der Waals surface area (Å²) in [5.41, 5.74) is 0.704. The first-order valence-corrected chi connectivity index (χ1v) is 15.8. The minimum absolute atomic E-state index is 0.0534. The number of nitrogens with zero attached hydrogens (tertiary/aromatic N) is 9.